The molecule has 0 aliphatic heterocycles. The highest BCUT2D eigenvalue weighted by Crippen LogP contribution is 2.31. The molecule has 0 saturated heterocycles. The molecular weight excluding hydrogens is 523 g/mol. The molecule has 0 saturated carbocycles. The summed E-state index contributed by atoms with van der Waals surface area (Å²) in [5.74, 6) is -1.89. The molecule has 0 atom stereocenters. The molecule has 0 bridgehead atoms. The maximum Gasteiger partial charge on any atom is 0.416 e. The fourth-order valence-electron chi connectivity index (χ4n) is 3.17. The van der Waals surface area contributed by atoms with Gasteiger partial charge in [-0.05, 0) is 54.4 Å². The van der Waals surface area contributed by atoms with Gasteiger partial charge in [-0.2, -0.15) is 23.3 Å². The number of benzene rings is 3. The number of carbonyl (C=O) groups is 3. The summed E-state index contributed by atoms with van der Waals surface area (Å²) in [6.45, 7) is -0.555. The maximum atomic E-state index is 13.2. The van der Waals surface area contributed by atoms with Crippen LogP contribution in [0, 0.1) is 0 Å². The number of hydrogen-bond donors (Lipinski definition) is 1. The third-order valence-corrected chi connectivity index (χ3v) is 5.33. The highest BCUT2D eigenvalue weighted by Gasteiger charge is 2.31. The van der Waals surface area contributed by atoms with Crippen LogP contribution in [0.15, 0.2) is 84.0 Å². The Morgan fingerprint density at radius 3 is 2.37 bits per heavy atom. The van der Waals surface area contributed by atoms with Crippen LogP contribution in [0.3, 0.4) is 0 Å². The highest BCUT2D eigenvalue weighted by atomic mass is 35.5. The summed E-state index contributed by atoms with van der Waals surface area (Å²) < 4.78 is 44.6. The van der Waals surface area contributed by atoms with Gasteiger partial charge >= 0.3 is 12.1 Å². The van der Waals surface area contributed by atoms with Gasteiger partial charge in [0.15, 0.2) is 6.61 Å². The normalized spacial score (nSPS) is 11.3. The van der Waals surface area contributed by atoms with Crippen LogP contribution in [-0.2, 0) is 20.5 Å². The minimum atomic E-state index is -4.62. The van der Waals surface area contributed by atoms with Crippen molar-refractivity contribution in [2.75, 3.05) is 18.2 Å². The van der Waals surface area contributed by atoms with Crippen LogP contribution >= 0.6 is 11.6 Å². The van der Waals surface area contributed by atoms with Crippen molar-refractivity contribution in [1.29, 1.82) is 0 Å². The smallest absolute Gasteiger partial charge is 0.416 e. The van der Waals surface area contributed by atoms with E-state index in [9.17, 15) is 27.6 Å². The summed E-state index contributed by atoms with van der Waals surface area (Å²) in [5.41, 5.74) is -0.0819. The molecule has 38 heavy (non-hydrogen) atoms. The number of hydrazone groups is 1. The molecule has 3 aromatic carbocycles. The predicted molar refractivity (Wildman–Crippen MR) is 137 cm³/mol. The van der Waals surface area contributed by atoms with E-state index in [1.807, 2.05) is 0 Å². The van der Waals surface area contributed by atoms with E-state index in [2.05, 4.69) is 10.4 Å². The number of nitrogens with one attached hydrogen (secondary N) is 1. The number of esters is 1. The average molecular weight is 546 g/mol. The molecule has 7 nitrogen and oxygen atoms in total. The number of rotatable bonds is 10. The molecule has 0 fully saturated rings. The van der Waals surface area contributed by atoms with E-state index in [0.29, 0.717) is 16.1 Å². The van der Waals surface area contributed by atoms with Gasteiger partial charge in [-0.25, -0.2) is 0 Å². The predicted octanol–water partition coefficient (Wildman–Crippen LogP) is 5.48. The van der Waals surface area contributed by atoms with Crippen molar-refractivity contribution >= 4 is 41.3 Å². The summed E-state index contributed by atoms with van der Waals surface area (Å²) in [6.07, 6.45) is -3.16. The summed E-state index contributed by atoms with van der Waals surface area (Å²) >= 11 is 5.79. The first kappa shape index (κ1) is 28.4. The van der Waals surface area contributed by atoms with Crippen LogP contribution in [0.1, 0.15) is 34.3 Å². The summed E-state index contributed by atoms with van der Waals surface area (Å²) in [5, 5.41) is 7.94. The van der Waals surface area contributed by atoms with Crippen LogP contribution in [0.25, 0.3) is 0 Å². The Balaban J connectivity index is 1.57. The van der Waals surface area contributed by atoms with Gasteiger partial charge in [-0.3, -0.25) is 14.4 Å². The fourth-order valence-corrected chi connectivity index (χ4v) is 3.29. The Morgan fingerprint density at radius 2 is 1.68 bits per heavy atom. The zero-order valence-corrected chi connectivity index (χ0v) is 20.7. The zero-order valence-electron chi connectivity index (χ0n) is 20.0. The molecule has 0 aromatic heterocycles. The SMILES string of the molecule is O=C(CCCNC(=O)c1ccc(Cl)cc1)OCC(=O)N(N=Cc1ccccc1)c1cccc(C(F)(F)F)c1. The molecule has 3 rings (SSSR count). The van der Waals surface area contributed by atoms with Crippen molar-refractivity contribution < 1.29 is 32.3 Å². The van der Waals surface area contributed by atoms with Gasteiger partial charge in [0.25, 0.3) is 11.8 Å². The molecular formula is C27H23ClF3N3O4. The van der Waals surface area contributed by atoms with Crippen molar-refractivity contribution in [3.05, 3.63) is 101 Å². The molecule has 0 aliphatic rings. The Kier molecular flexibility index (Phi) is 10.0. The molecule has 0 heterocycles. The third kappa shape index (κ3) is 8.74. The summed E-state index contributed by atoms with van der Waals surface area (Å²) in [7, 11) is 0. The Hall–Kier alpha value is -4.18. The number of carbonyl (C=O) groups excluding carboxylic acids is 3. The number of amides is 2. The minimum absolute atomic E-state index is 0.0922. The average Bonchev–Trinajstić information content (AvgIpc) is 2.90. The largest absolute Gasteiger partial charge is 0.455 e. The quantitative estimate of drug-likeness (QED) is 0.158. The Morgan fingerprint density at radius 1 is 0.974 bits per heavy atom. The lowest BCUT2D eigenvalue weighted by atomic mass is 10.2. The molecule has 0 aliphatic carbocycles. The first-order valence-electron chi connectivity index (χ1n) is 11.4. The van der Waals surface area contributed by atoms with Gasteiger partial charge in [-0.1, -0.05) is 48.0 Å². The first-order chi connectivity index (χ1) is 18.1. The Labute approximate surface area is 221 Å². The van der Waals surface area contributed by atoms with E-state index in [1.165, 1.54) is 12.3 Å². The second-order valence-electron chi connectivity index (χ2n) is 7.94. The monoisotopic (exact) mass is 545 g/mol. The van der Waals surface area contributed by atoms with Gasteiger partial charge in [0.1, 0.15) is 0 Å². The van der Waals surface area contributed by atoms with Crippen LogP contribution in [0.4, 0.5) is 18.9 Å². The van der Waals surface area contributed by atoms with Crippen LogP contribution in [-0.4, -0.2) is 37.1 Å². The molecule has 0 spiro atoms. The second-order valence-corrected chi connectivity index (χ2v) is 8.37. The first-order valence-corrected chi connectivity index (χ1v) is 11.8. The topological polar surface area (TPSA) is 88.1 Å². The lowest BCUT2D eigenvalue weighted by molar-refractivity contribution is -0.147. The number of hydrogen-bond acceptors (Lipinski definition) is 5. The van der Waals surface area contributed by atoms with E-state index in [1.54, 1.807) is 54.6 Å². The van der Waals surface area contributed by atoms with Gasteiger partial charge in [-0.15, -0.1) is 0 Å². The molecule has 2 amide bonds. The molecule has 0 radical (unpaired) electrons. The lowest BCUT2D eigenvalue weighted by Gasteiger charge is -2.18. The number of anilines is 1. The highest BCUT2D eigenvalue weighted by molar-refractivity contribution is 6.30. The van der Waals surface area contributed by atoms with Gasteiger partial charge in [0.2, 0.25) is 0 Å². The molecule has 1 N–H and O–H groups in total. The molecule has 0 unspecified atom stereocenters. The van der Waals surface area contributed by atoms with Gasteiger partial charge in [0, 0.05) is 23.6 Å². The van der Waals surface area contributed by atoms with E-state index in [-0.39, 0.29) is 31.0 Å². The van der Waals surface area contributed by atoms with Gasteiger partial charge in [0.05, 0.1) is 17.5 Å². The van der Waals surface area contributed by atoms with E-state index >= 15 is 0 Å². The summed E-state index contributed by atoms with van der Waals surface area (Å²) in [6, 6.07) is 19.0. The van der Waals surface area contributed by atoms with Crippen molar-refractivity contribution in [2.24, 2.45) is 5.10 Å². The fraction of sp³-hybridized carbons (Fsp3) is 0.185. The number of ether oxygens (including phenoxy) is 1. The second kappa shape index (κ2) is 13.4. The number of alkyl halides is 3. The molecule has 11 heteroatoms. The molecule has 3 aromatic rings. The van der Waals surface area contributed by atoms with Crippen molar-refractivity contribution in [3.63, 3.8) is 0 Å². The van der Waals surface area contributed by atoms with Crippen molar-refractivity contribution in [1.82, 2.24) is 5.32 Å². The Bertz CT molecular complexity index is 1280. The lowest BCUT2D eigenvalue weighted by Crippen LogP contribution is -2.31. The van der Waals surface area contributed by atoms with Crippen LogP contribution < -0.4 is 10.3 Å². The maximum absolute atomic E-state index is 13.2. The van der Waals surface area contributed by atoms with Crippen molar-refractivity contribution in [2.45, 2.75) is 19.0 Å². The van der Waals surface area contributed by atoms with E-state index in [4.69, 9.17) is 16.3 Å². The van der Waals surface area contributed by atoms with Crippen LogP contribution in [0.2, 0.25) is 5.02 Å². The van der Waals surface area contributed by atoms with E-state index < -0.39 is 30.2 Å². The number of halogens is 4. The zero-order chi connectivity index (χ0) is 27.5. The van der Waals surface area contributed by atoms with E-state index in [0.717, 1.165) is 23.2 Å². The van der Waals surface area contributed by atoms with Crippen molar-refractivity contribution in [3.8, 4) is 0 Å². The number of nitrogens with zero attached hydrogens (tertiary/aromatic N) is 2. The standard InChI is InChI=1S/C27H23ClF3N3O4/c28-22-13-11-20(12-14-22)26(37)32-15-5-10-25(36)38-18-24(35)34(33-17-19-6-2-1-3-7-19)23-9-4-8-21(16-23)27(29,30)31/h1-4,6-9,11-14,16-17H,5,10,15,18H2,(H,32,37). The minimum Gasteiger partial charge on any atom is -0.455 e. The summed E-state index contributed by atoms with van der Waals surface area (Å²) in [4.78, 5) is 37.0. The third-order valence-electron chi connectivity index (χ3n) is 5.08. The van der Waals surface area contributed by atoms with Gasteiger partial charge < -0.3 is 10.1 Å². The van der Waals surface area contributed by atoms with Crippen LogP contribution in [0.5, 0.6) is 0 Å². The molecule has 198 valence electrons.